The van der Waals surface area contributed by atoms with E-state index in [9.17, 15) is 8.42 Å². The molecular formula is C15H15N3O2S. The standard InChI is InChI=1S/C15H15N3O2S/c1-11-5-6-14(17)8-15(11)18-21(19,20)10-13-4-2-3-12(7-13)9-16/h2-8,18H,10,17H2,1H3. The Labute approximate surface area is 124 Å². The van der Waals surface area contributed by atoms with Crippen LogP contribution in [0.5, 0.6) is 0 Å². The number of nitrogens with two attached hydrogens (primary N) is 1. The minimum atomic E-state index is -3.57. The first kappa shape index (κ1) is 14.9. The maximum Gasteiger partial charge on any atom is 0.236 e. The van der Waals surface area contributed by atoms with Crippen molar-refractivity contribution >= 4 is 21.4 Å². The summed E-state index contributed by atoms with van der Waals surface area (Å²) in [5, 5.41) is 8.83. The highest BCUT2D eigenvalue weighted by atomic mass is 32.2. The topological polar surface area (TPSA) is 96.0 Å². The summed E-state index contributed by atoms with van der Waals surface area (Å²) in [7, 11) is -3.57. The predicted octanol–water partition coefficient (Wildman–Crippen LogP) is 2.39. The maximum atomic E-state index is 12.2. The van der Waals surface area contributed by atoms with Crippen LogP contribution in [0.25, 0.3) is 0 Å². The average Bonchev–Trinajstić information content (AvgIpc) is 2.42. The van der Waals surface area contributed by atoms with Gasteiger partial charge in [0.25, 0.3) is 0 Å². The Morgan fingerprint density at radius 1 is 1.24 bits per heavy atom. The van der Waals surface area contributed by atoms with Gasteiger partial charge in [-0.15, -0.1) is 0 Å². The van der Waals surface area contributed by atoms with Crippen molar-refractivity contribution in [1.82, 2.24) is 0 Å². The van der Waals surface area contributed by atoms with Gasteiger partial charge in [0.05, 0.1) is 23.1 Å². The molecule has 0 aliphatic heterocycles. The Balaban J connectivity index is 2.22. The molecule has 0 aromatic heterocycles. The fraction of sp³-hybridized carbons (Fsp3) is 0.133. The molecule has 2 rings (SSSR count). The van der Waals surface area contributed by atoms with Crippen molar-refractivity contribution in [2.75, 3.05) is 10.5 Å². The number of aryl methyl sites for hydroxylation is 1. The molecule has 0 spiro atoms. The molecule has 0 atom stereocenters. The smallest absolute Gasteiger partial charge is 0.236 e. The van der Waals surface area contributed by atoms with Crippen LogP contribution in [0.4, 0.5) is 11.4 Å². The molecule has 2 aromatic carbocycles. The summed E-state index contributed by atoms with van der Waals surface area (Å²) in [5.74, 6) is -0.198. The zero-order valence-electron chi connectivity index (χ0n) is 11.5. The zero-order valence-corrected chi connectivity index (χ0v) is 12.3. The monoisotopic (exact) mass is 301 g/mol. The van der Waals surface area contributed by atoms with Gasteiger partial charge in [-0.05, 0) is 42.3 Å². The lowest BCUT2D eigenvalue weighted by Gasteiger charge is -2.11. The van der Waals surface area contributed by atoms with E-state index in [2.05, 4.69) is 4.72 Å². The fourth-order valence-corrected chi connectivity index (χ4v) is 3.15. The molecule has 2 aromatic rings. The molecule has 0 bridgehead atoms. The van der Waals surface area contributed by atoms with Gasteiger partial charge in [-0.2, -0.15) is 5.26 Å². The van der Waals surface area contributed by atoms with Crippen molar-refractivity contribution in [2.24, 2.45) is 0 Å². The first-order valence-corrected chi connectivity index (χ1v) is 7.90. The van der Waals surface area contributed by atoms with Crippen LogP contribution in [0, 0.1) is 18.3 Å². The Bertz CT molecular complexity index is 808. The minimum absolute atomic E-state index is 0.198. The number of nitrogens with zero attached hydrogens (tertiary/aromatic N) is 1. The quantitative estimate of drug-likeness (QED) is 0.847. The summed E-state index contributed by atoms with van der Waals surface area (Å²) in [6.07, 6.45) is 0. The van der Waals surface area contributed by atoms with Gasteiger partial charge >= 0.3 is 0 Å². The van der Waals surface area contributed by atoms with Gasteiger partial charge in [-0.3, -0.25) is 4.72 Å². The summed E-state index contributed by atoms with van der Waals surface area (Å²) in [6.45, 7) is 1.80. The maximum absolute atomic E-state index is 12.2. The number of hydrogen-bond acceptors (Lipinski definition) is 4. The van der Waals surface area contributed by atoms with Crippen molar-refractivity contribution in [2.45, 2.75) is 12.7 Å². The van der Waals surface area contributed by atoms with Crippen LogP contribution in [0.15, 0.2) is 42.5 Å². The van der Waals surface area contributed by atoms with Crippen LogP contribution in [0.2, 0.25) is 0 Å². The Hall–Kier alpha value is -2.52. The summed E-state index contributed by atoms with van der Waals surface area (Å²) >= 11 is 0. The number of sulfonamides is 1. The molecule has 0 saturated heterocycles. The lowest BCUT2D eigenvalue weighted by Crippen LogP contribution is -2.16. The van der Waals surface area contributed by atoms with Crippen LogP contribution < -0.4 is 10.5 Å². The largest absolute Gasteiger partial charge is 0.399 e. The van der Waals surface area contributed by atoms with Crippen molar-refractivity contribution in [3.63, 3.8) is 0 Å². The zero-order chi connectivity index (χ0) is 15.5. The van der Waals surface area contributed by atoms with Gasteiger partial charge in [0, 0.05) is 5.69 Å². The summed E-state index contributed by atoms with van der Waals surface area (Å²) in [5.41, 5.74) is 8.40. The molecule has 0 saturated carbocycles. The van der Waals surface area contributed by atoms with E-state index in [0.717, 1.165) is 5.56 Å². The minimum Gasteiger partial charge on any atom is -0.399 e. The number of anilines is 2. The van der Waals surface area contributed by atoms with E-state index in [1.807, 2.05) is 6.07 Å². The highest BCUT2D eigenvalue weighted by molar-refractivity contribution is 7.91. The normalized spacial score (nSPS) is 10.9. The molecule has 6 heteroatoms. The molecule has 5 nitrogen and oxygen atoms in total. The van der Waals surface area contributed by atoms with Crippen LogP contribution in [0.3, 0.4) is 0 Å². The van der Waals surface area contributed by atoms with Crippen molar-refractivity contribution in [3.8, 4) is 6.07 Å². The number of rotatable bonds is 4. The Morgan fingerprint density at radius 2 is 2.00 bits per heavy atom. The summed E-state index contributed by atoms with van der Waals surface area (Å²) < 4.78 is 26.9. The second-order valence-electron chi connectivity index (χ2n) is 4.75. The van der Waals surface area contributed by atoms with E-state index in [0.29, 0.717) is 22.5 Å². The SMILES string of the molecule is Cc1ccc(N)cc1NS(=O)(=O)Cc1cccc(C#N)c1. The third-order valence-corrected chi connectivity index (χ3v) is 4.18. The summed E-state index contributed by atoms with van der Waals surface area (Å²) in [4.78, 5) is 0. The van der Waals surface area contributed by atoms with Gasteiger partial charge in [0.2, 0.25) is 10.0 Å². The van der Waals surface area contributed by atoms with E-state index < -0.39 is 10.0 Å². The molecule has 0 aliphatic rings. The lowest BCUT2D eigenvalue weighted by atomic mass is 10.2. The van der Waals surface area contributed by atoms with Crippen molar-refractivity contribution in [3.05, 3.63) is 59.2 Å². The number of hydrogen-bond donors (Lipinski definition) is 2. The molecular weight excluding hydrogens is 286 g/mol. The van der Waals surface area contributed by atoms with E-state index in [4.69, 9.17) is 11.0 Å². The lowest BCUT2D eigenvalue weighted by molar-refractivity contribution is 0.600. The molecule has 0 heterocycles. The second-order valence-corrected chi connectivity index (χ2v) is 6.47. The molecule has 108 valence electrons. The molecule has 0 unspecified atom stereocenters. The van der Waals surface area contributed by atoms with Gasteiger partial charge < -0.3 is 5.73 Å². The van der Waals surface area contributed by atoms with Crippen LogP contribution >= 0.6 is 0 Å². The highest BCUT2D eigenvalue weighted by Gasteiger charge is 2.13. The number of nitrogen functional groups attached to an aromatic ring is 1. The van der Waals surface area contributed by atoms with Crippen molar-refractivity contribution in [1.29, 1.82) is 5.26 Å². The molecule has 0 amide bonds. The van der Waals surface area contributed by atoms with Crippen LogP contribution in [-0.4, -0.2) is 8.42 Å². The third-order valence-electron chi connectivity index (χ3n) is 2.94. The third kappa shape index (κ3) is 3.97. The average molecular weight is 301 g/mol. The first-order chi connectivity index (χ1) is 9.89. The summed E-state index contributed by atoms with van der Waals surface area (Å²) in [6, 6.07) is 13.6. The van der Waals surface area contributed by atoms with Gasteiger partial charge in [0.1, 0.15) is 0 Å². The van der Waals surface area contributed by atoms with Gasteiger partial charge in [0.15, 0.2) is 0 Å². The van der Waals surface area contributed by atoms with Gasteiger partial charge in [-0.1, -0.05) is 18.2 Å². The van der Waals surface area contributed by atoms with Crippen LogP contribution in [0.1, 0.15) is 16.7 Å². The van der Waals surface area contributed by atoms with E-state index >= 15 is 0 Å². The molecule has 0 radical (unpaired) electrons. The highest BCUT2D eigenvalue weighted by Crippen LogP contribution is 2.20. The second kappa shape index (κ2) is 5.85. The van der Waals surface area contributed by atoms with Gasteiger partial charge in [-0.25, -0.2) is 8.42 Å². The van der Waals surface area contributed by atoms with E-state index in [1.54, 1.807) is 49.4 Å². The molecule has 0 aliphatic carbocycles. The van der Waals surface area contributed by atoms with Crippen molar-refractivity contribution < 1.29 is 8.42 Å². The molecule has 21 heavy (non-hydrogen) atoms. The number of nitriles is 1. The molecule has 3 N–H and O–H groups in total. The van der Waals surface area contributed by atoms with Crippen LogP contribution in [-0.2, 0) is 15.8 Å². The Kier molecular flexibility index (Phi) is 4.15. The number of benzene rings is 2. The first-order valence-electron chi connectivity index (χ1n) is 6.25. The Morgan fingerprint density at radius 3 is 2.71 bits per heavy atom. The van der Waals surface area contributed by atoms with E-state index in [1.165, 1.54) is 0 Å². The molecule has 0 fully saturated rings. The predicted molar refractivity (Wildman–Crippen MR) is 83.0 cm³/mol. The number of nitrogens with one attached hydrogen (secondary N) is 1. The van der Waals surface area contributed by atoms with E-state index in [-0.39, 0.29) is 5.75 Å². The fourth-order valence-electron chi connectivity index (χ4n) is 1.90.